The average molecular weight is 293 g/mol. The summed E-state index contributed by atoms with van der Waals surface area (Å²) in [5.74, 6) is 1.59. The molecule has 22 heavy (non-hydrogen) atoms. The zero-order valence-corrected chi connectivity index (χ0v) is 13.1. The maximum absolute atomic E-state index is 9.61. The van der Waals surface area contributed by atoms with Gasteiger partial charge in [0, 0.05) is 0 Å². The smallest absolute Gasteiger partial charge is 0.118 e. The highest BCUT2D eigenvalue weighted by atomic mass is 16.5. The third-order valence-corrected chi connectivity index (χ3v) is 3.58. The summed E-state index contributed by atoms with van der Waals surface area (Å²) in [5.41, 5.74) is 3.65. The average Bonchev–Trinajstić information content (AvgIpc) is 2.60. The Morgan fingerprint density at radius 3 is 1.68 bits per heavy atom. The number of nitriles is 1. The van der Waals surface area contributed by atoms with Crippen LogP contribution in [0.15, 0.2) is 48.5 Å². The van der Waals surface area contributed by atoms with E-state index in [4.69, 9.17) is 9.47 Å². The van der Waals surface area contributed by atoms with E-state index in [0.717, 1.165) is 34.6 Å². The van der Waals surface area contributed by atoms with E-state index in [1.165, 1.54) is 0 Å². The van der Waals surface area contributed by atoms with E-state index in [-0.39, 0.29) is 0 Å². The molecule has 0 spiro atoms. The lowest BCUT2D eigenvalue weighted by molar-refractivity contribution is 0.414. The lowest BCUT2D eigenvalue weighted by Crippen LogP contribution is -1.92. The normalized spacial score (nSPS) is 11.4. The van der Waals surface area contributed by atoms with Gasteiger partial charge in [-0.2, -0.15) is 5.26 Å². The number of rotatable bonds is 5. The molecule has 0 aliphatic heterocycles. The van der Waals surface area contributed by atoms with Gasteiger partial charge in [0.25, 0.3) is 0 Å². The first-order chi connectivity index (χ1) is 10.7. The highest BCUT2D eigenvalue weighted by Gasteiger charge is 2.10. The van der Waals surface area contributed by atoms with Crippen LogP contribution in [0, 0.1) is 11.3 Å². The van der Waals surface area contributed by atoms with Crippen molar-refractivity contribution < 1.29 is 9.47 Å². The zero-order valence-electron chi connectivity index (χ0n) is 13.1. The summed E-state index contributed by atoms with van der Waals surface area (Å²) in [4.78, 5) is 0. The second-order valence-electron chi connectivity index (χ2n) is 4.78. The van der Waals surface area contributed by atoms with Gasteiger partial charge < -0.3 is 9.47 Å². The molecule has 3 nitrogen and oxygen atoms in total. The molecule has 0 aliphatic carbocycles. The number of hydrogen-bond acceptors (Lipinski definition) is 3. The van der Waals surface area contributed by atoms with Gasteiger partial charge in [0.15, 0.2) is 0 Å². The van der Waals surface area contributed by atoms with Crippen molar-refractivity contribution in [3.05, 3.63) is 59.7 Å². The Hall–Kier alpha value is -2.73. The maximum atomic E-state index is 9.61. The Bertz CT molecular complexity index is 692. The number of allylic oxidation sites excluding steroid dienone is 2. The van der Waals surface area contributed by atoms with Gasteiger partial charge in [-0.1, -0.05) is 19.1 Å². The maximum Gasteiger partial charge on any atom is 0.118 e. The number of hydrogen-bond donors (Lipinski definition) is 0. The van der Waals surface area contributed by atoms with Crippen LogP contribution in [0.3, 0.4) is 0 Å². The van der Waals surface area contributed by atoms with Crippen LogP contribution in [0.2, 0.25) is 0 Å². The minimum atomic E-state index is 0.690. The molecular weight excluding hydrogens is 274 g/mol. The van der Waals surface area contributed by atoms with Crippen molar-refractivity contribution in [3.8, 4) is 17.6 Å². The Morgan fingerprint density at radius 1 is 0.864 bits per heavy atom. The summed E-state index contributed by atoms with van der Waals surface area (Å²) in [6, 6.07) is 17.7. The van der Waals surface area contributed by atoms with Crippen molar-refractivity contribution in [1.29, 1.82) is 5.26 Å². The number of ether oxygens (including phenoxy) is 2. The van der Waals surface area contributed by atoms with Crippen LogP contribution in [0.4, 0.5) is 0 Å². The molecule has 0 atom stereocenters. The fourth-order valence-corrected chi connectivity index (χ4v) is 2.38. The molecule has 0 bridgehead atoms. The van der Waals surface area contributed by atoms with Crippen molar-refractivity contribution in [2.75, 3.05) is 14.2 Å². The summed E-state index contributed by atoms with van der Waals surface area (Å²) in [5, 5.41) is 9.61. The predicted octanol–water partition coefficient (Wildman–Crippen LogP) is 4.55. The van der Waals surface area contributed by atoms with Gasteiger partial charge >= 0.3 is 0 Å². The van der Waals surface area contributed by atoms with Crippen molar-refractivity contribution in [2.24, 2.45) is 0 Å². The van der Waals surface area contributed by atoms with Crippen molar-refractivity contribution in [1.82, 2.24) is 0 Å². The molecule has 0 aliphatic rings. The minimum Gasteiger partial charge on any atom is -0.497 e. The van der Waals surface area contributed by atoms with Crippen molar-refractivity contribution in [3.63, 3.8) is 0 Å². The molecule has 0 radical (unpaired) electrons. The van der Waals surface area contributed by atoms with Gasteiger partial charge in [-0.15, -0.1) is 0 Å². The molecule has 0 fully saturated rings. The van der Waals surface area contributed by atoms with Crippen LogP contribution >= 0.6 is 0 Å². The molecule has 2 rings (SSSR count). The lowest BCUT2D eigenvalue weighted by Gasteiger charge is -2.11. The van der Waals surface area contributed by atoms with E-state index in [2.05, 4.69) is 13.0 Å². The van der Waals surface area contributed by atoms with E-state index in [1.54, 1.807) is 14.2 Å². The molecule has 0 saturated heterocycles. The zero-order chi connectivity index (χ0) is 15.9. The third-order valence-electron chi connectivity index (χ3n) is 3.58. The minimum absolute atomic E-state index is 0.690. The molecule has 0 heterocycles. The van der Waals surface area contributed by atoms with Crippen LogP contribution in [0.5, 0.6) is 11.5 Å². The standard InChI is InChI=1S/C19H19NO2/c1-4-18(14-5-9-16(21-2)10-6-14)19(13-20)15-7-11-17(22-3)12-8-15/h5-12H,4H2,1-3H3. The van der Waals surface area contributed by atoms with Gasteiger partial charge in [-0.3, -0.25) is 0 Å². The number of benzene rings is 2. The Morgan fingerprint density at radius 2 is 1.32 bits per heavy atom. The van der Waals surface area contributed by atoms with E-state index < -0.39 is 0 Å². The highest BCUT2D eigenvalue weighted by molar-refractivity contribution is 5.97. The Balaban J connectivity index is 2.49. The second-order valence-corrected chi connectivity index (χ2v) is 4.78. The first-order valence-electron chi connectivity index (χ1n) is 7.15. The van der Waals surface area contributed by atoms with Crippen LogP contribution in [0.1, 0.15) is 24.5 Å². The van der Waals surface area contributed by atoms with E-state index in [1.807, 2.05) is 48.5 Å². The summed E-state index contributed by atoms with van der Waals surface area (Å²) in [6.45, 7) is 2.06. The lowest BCUT2D eigenvalue weighted by atomic mass is 9.93. The molecule has 2 aromatic carbocycles. The summed E-state index contributed by atoms with van der Waals surface area (Å²) < 4.78 is 10.4. The van der Waals surface area contributed by atoms with Gasteiger partial charge in [-0.25, -0.2) is 0 Å². The number of nitrogens with zero attached hydrogens (tertiary/aromatic N) is 1. The van der Waals surface area contributed by atoms with Gasteiger partial charge in [0.2, 0.25) is 0 Å². The fourth-order valence-electron chi connectivity index (χ4n) is 2.38. The molecule has 0 amide bonds. The molecule has 112 valence electrons. The first-order valence-corrected chi connectivity index (χ1v) is 7.15. The van der Waals surface area contributed by atoms with E-state index in [0.29, 0.717) is 5.57 Å². The Labute approximate surface area is 131 Å². The van der Waals surface area contributed by atoms with E-state index in [9.17, 15) is 5.26 Å². The fraction of sp³-hybridized carbons (Fsp3) is 0.211. The molecular formula is C19H19NO2. The molecule has 0 N–H and O–H groups in total. The highest BCUT2D eigenvalue weighted by Crippen LogP contribution is 2.30. The van der Waals surface area contributed by atoms with Crippen LogP contribution in [-0.2, 0) is 0 Å². The summed E-state index contributed by atoms with van der Waals surface area (Å²) >= 11 is 0. The molecule has 0 saturated carbocycles. The second kappa shape index (κ2) is 7.33. The van der Waals surface area contributed by atoms with Crippen molar-refractivity contribution >= 4 is 11.1 Å². The van der Waals surface area contributed by atoms with E-state index >= 15 is 0 Å². The molecule has 2 aromatic rings. The third kappa shape index (κ3) is 3.29. The van der Waals surface area contributed by atoms with Gasteiger partial charge in [0.05, 0.1) is 19.8 Å². The SMILES string of the molecule is CCC(=C(C#N)c1ccc(OC)cc1)c1ccc(OC)cc1. The van der Waals surface area contributed by atoms with Crippen LogP contribution < -0.4 is 9.47 Å². The Kier molecular flexibility index (Phi) is 5.21. The molecule has 0 aromatic heterocycles. The van der Waals surface area contributed by atoms with Crippen LogP contribution in [0.25, 0.3) is 11.1 Å². The first kappa shape index (κ1) is 15.7. The van der Waals surface area contributed by atoms with Crippen molar-refractivity contribution in [2.45, 2.75) is 13.3 Å². The van der Waals surface area contributed by atoms with Crippen LogP contribution in [-0.4, -0.2) is 14.2 Å². The summed E-state index contributed by atoms with van der Waals surface area (Å²) in [6.07, 6.45) is 0.779. The monoisotopic (exact) mass is 293 g/mol. The van der Waals surface area contributed by atoms with Gasteiger partial charge in [-0.05, 0) is 59.5 Å². The van der Waals surface area contributed by atoms with Gasteiger partial charge in [0.1, 0.15) is 17.6 Å². The molecule has 0 unspecified atom stereocenters. The molecule has 3 heteroatoms. The largest absolute Gasteiger partial charge is 0.497 e. The quantitative estimate of drug-likeness (QED) is 0.600. The number of methoxy groups -OCH3 is 2. The topological polar surface area (TPSA) is 42.2 Å². The predicted molar refractivity (Wildman–Crippen MR) is 88.7 cm³/mol. The summed E-state index contributed by atoms with van der Waals surface area (Å²) in [7, 11) is 3.27.